The molecule has 2 heterocycles. The highest BCUT2D eigenvalue weighted by Crippen LogP contribution is 2.39. The van der Waals surface area contributed by atoms with Crippen LogP contribution in [-0.4, -0.2) is 30.9 Å². The lowest BCUT2D eigenvalue weighted by molar-refractivity contribution is -0.00642. The molecule has 190 valence electrons. The number of sulfonamides is 1. The van der Waals surface area contributed by atoms with Crippen LogP contribution < -0.4 is 20.9 Å². The SMILES string of the molecule is Cc1ccc(Nc2c(NS(=O)(=O)C3CC(OCc4ccccc4)C3)c3n(c(=O)c2C)CCN3)c(F)c1. The maximum absolute atomic E-state index is 14.6. The van der Waals surface area contributed by atoms with Gasteiger partial charge in [-0.1, -0.05) is 36.4 Å². The van der Waals surface area contributed by atoms with Crippen molar-refractivity contribution in [3.63, 3.8) is 0 Å². The molecule has 1 saturated carbocycles. The van der Waals surface area contributed by atoms with Gasteiger partial charge in [-0.2, -0.15) is 0 Å². The molecule has 1 aliphatic heterocycles. The smallest absolute Gasteiger partial charge is 0.257 e. The molecule has 3 N–H and O–H groups in total. The predicted molar refractivity (Wildman–Crippen MR) is 139 cm³/mol. The highest BCUT2D eigenvalue weighted by atomic mass is 32.2. The van der Waals surface area contributed by atoms with Gasteiger partial charge in [0.25, 0.3) is 5.56 Å². The maximum Gasteiger partial charge on any atom is 0.257 e. The van der Waals surface area contributed by atoms with Crippen LogP contribution in [0.1, 0.15) is 29.5 Å². The topological polar surface area (TPSA) is 101 Å². The summed E-state index contributed by atoms with van der Waals surface area (Å²) in [6, 6.07) is 14.4. The molecule has 5 rings (SSSR count). The number of fused-ring (bicyclic) bond motifs is 1. The predicted octanol–water partition coefficient (Wildman–Crippen LogP) is 4.26. The standard InChI is InChI=1S/C26H29FN4O4S/c1-16-8-9-22(21(27)12-16)29-23-17(2)26(32)31-11-10-28-25(31)24(23)30-36(33,34)20-13-19(14-20)35-15-18-6-4-3-5-7-18/h3-9,12,19-20,28-30H,10-11,13-15H2,1-2H3. The summed E-state index contributed by atoms with van der Waals surface area (Å²) in [7, 11) is -3.79. The molecule has 3 aromatic rings. The molecule has 8 nitrogen and oxygen atoms in total. The van der Waals surface area contributed by atoms with Crippen LogP contribution in [0.4, 0.5) is 27.3 Å². The molecule has 0 unspecified atom stereocenters. The molecule has 0 radical (unpaired) electrons. The number of aryl methyl sites for hydroxylation is 1. The number of anilines is 4. The van der Waals surface area contributed by atoms with Gasteiger partial charge in [0.15, 0.2) is 0 Å². The van der Waals surface area contributed by atoms with E-state index in [4.69, 9.17) is 4.74 Å². The van der Waals surface area contributed by atoms with Crippen LogP contribution in [0.25, 0.3) is 0 Å². The van der Waals surface area contributed by atoms with Crippen molar-refractivity contribution in [2.45, 2.75) is 51.2 Å². The van der Waals surface area contributed by atoms with E-state index < -0.39 is 21.1 Å². The van der Waals surface area contributed by atoms with Gasteiger partial charge in [-0.05, 0) is 49.9 Å². The van der Waals surface area contributed by atoms with Crippen LogP contribution in [-0.2, 0) is 27.9 Å². The molecule has 0 spiro atoms. The number of rotatable bonds is 8. The minimum atomic E-state index is -3.79. The molecule has 0 saturated heterocycles. The minimum absolute atomic E-state index is 0.144. The van der Waals surface area contributed by atoms with Gasteiger partial charge < -0.3 is 15.4 Å². The van der Waals surface area contributed by atoms with E-state index in [-0.39, 0.29) is 28.7 Å². The van der Waals surface area contributed by atoms with Crippen molar-refractivity contribution in [1.29, 1.82) is 0 Å². The summed E-state index contributed by atoms with van der Waals surface area (Å²) in [5.41, 5.74) is 2.45. The number of hydrogen-bond acceptors (Lipinski definition) is 6. The van der Waals surface area contributed by atoms with Gasteiger partial charge in [-0.15, -0.1) is 0 Å². The fourth-order valence-corrected chi connectivity index (χ4v) is 6.15. The lowest BCUT2D eigenvalue weighted by Crippen LogP contribution is -2.43. The maximum atomic E-state index is 14.6. The Kier molecular flexibility index (Phi) is 6.48. The molecule has 2 aliphatic rings. The Labute approximate surface area is 209 Å². The zero-order chi connectivity index (χ0) is 25.4. The molecule has 0 atom stereocenters. The molecule has 1 fully saturated rings. The summed E-state index contributed by atoms with van der Waals surface area (Å²) in [6.45, 7) is 4.72. The summed E-state index contributed by atoms with van der Waals surface area (Å²) in [6.07, 6.45) is 0.604. The van der Waals surface area contributed by atoms with Gasteiger partial charge in [0.1, 0.15) is 17.3 Å². The number of nitrogens with zero attached hydrogens (tertiary/aromatic N) is 1. The van der Waals surface area contributed by atoms with E-state index in [1.165, 1.54) is 10.6 Å². The molecule has 36 heavy (non-hydrogen) atoms. The van der Waals surface area contributed by atoms with Gasteiger partial charge in [-0.3, -0.25) is 14.1 Å². The fraction of sp³-hybridized carbons (Fsp3) is 0.346. The van der Waals surface area contributed by atoms with Crippen LogP contribution in [0.15, 0.2) is 53.3 Å². The minimum Gasteiger partial charge on any atom is -0.373 e. The summed E-state index contributed by atoms with van der Waals surface area (Å²) in [5.74, 6) is -0.116. The molecule has 2 aromatic carbocycles. The average Bonchev–Trinajstić information content (AvgIpc) is 3.31. The zero-order valence-corrected chi connectivity index (χ0v) is 21.0. The summed E-state index contributed by atoms with van der Waals surface area (Å²) in [5, 5.41) is 5.45. The molecule has 1 aliphatic carbocycles. The van der Waals surface area contributed by atoms with Crippen molar-refractivity contribution in [1.82, 2.24) is 4.57 Å². The molecule has 1 aromatic heterocycles. The monoisotopic (exact) mass is 512 g/mol. The number of ether oxygens (including phenoxy) is 1. The quantitative estimate of drug-likeness (QED) is 0.417. The lowest BCUT2D eigenvalue weighted by Gasteiger charge is -2.35. The first-order valence-electron chi connectivity index (χ1n) is 11.9. The van der Waals surface area contributed by atoms with E-state index in [2.05, 4.69) is 15.4 Å². The third-order valence-electron chi connectivity index (χ3n) is 6.77. The highest BCUT2D eigenvalue weighted by molar-refractivity contribution is 7.93. The third kappa shape index (κ3) is 4.70. The Bertz CT molecular complexity index is 1450. The van der Waals surface area contributed by atoms with Crippen molar-refractivity contribution < 1.29 is 17.5 Å². The second kappa shape index (κ2) is 9.59. The van der Waals surface area contributed by atoms with E-state index in [0.717, 1.165) is 11.1 Å². The second-order valence-electron chi connectivity index (χ2n) is 9.37. The number of pyridine rings is 1. The Morgan fingerprint density at radius 3 is 2.58 bits per heavy atom. The zero-order valence-electron chi connectivity index (χ0n) is 20.2. The van der Waals surface area contributed by atoms with Gasteiger partial charge >= 0.3 is 0 Å². The van der Waals surface area contributed by atoms with Gasteiger partial charge in [-0.25, -0.2) is 12.8 Å². The fourth-order valence-electron chi connectivity index (χ4n) is 4.57. The number of hydrogen-bond donors (Lipinski definition) is 3. The summed E-state index contributed by atoms with van der Waals surface area (Å²) in [4.78, 5) is 13.0. The van der Waals surface area contributed by atoms with E-state index in [0.29, 0.717) is 43.9 Å². The van der Waals surface area contributed by atoms with Crippen molar-refractivity contribution in [3.05, 3.63) is 81.4 Å². The van der Waals surface area contributed by atoms with Crippen LogP contribution in [0.2, 0.25) is 0 Å². The first-order valence-corrected chi connectivity index (χ1v) is 13.5. The number of aromatic nitrogens is 1. The number of benzene rings is 2. The first-order chi connectivity index (χ1) is 17.2. The third-order valence-corrected chi connectivity index (χ3v) is 8.52. The van der Waals surface area contributed by atoms with Crippen LogP contribution in [0.3, 0.4) is 0 Å². The van der Waals surface area contributed by atoms with E-state index in [9.17, 15) is 17.6 Å². The molecular formula is C26H29FN4O4S. The van der Waals surface area contributed by atoms with E-state index in [1.54, 1.807) is 26.0 Å². The second-order valence-corrected chi connectivity index (χ2v) is 11.3. The van der Waals surface area contributed by atoms with Gasteiger partial charge in [0.2, 0.25) is 10.0 Å². The summed E-state index contributed by atoms with van der Waals surface area (Å²) >= 11 is 0. The Hall–Kier alpha value is -3.37. The van der Waals surface area contributed by atoms with Gasteiger partial charge in [0, 0.05) is 18.7 Å². The van der Waals surface area contributed by atoms with Crippen molar-refractivity contribution in [3.8, 4) is 0 Å². The Balaban J connectivity index is 1.38. The normalized spacial score (nSPS) is 18.8. The largest absolute Gasteiger partial charge is 0.373 e. The van der Waals surface area contributed by atoms with Crippen LogP contribution >= 0.6 is 0 Å². The average molecular weight is 513 g/mol. The van der Waals surface area contributed by atoms with Crippen LogP contribution in [0.5, 0.6) is 0 Å². The molecule has 0 amide bonds. The first kappa shape index (κ1) is 24.3. The Morgan fingerprint density at radius 1 is 1.11 bits per heavy atom. The van der Waals surface area contributed by atoms with Crippen molar-refractivity contribution in [2.24, 2.45) is 0 Å². The number of halogens is 1. The van der Waals surface area contributed by atoms with Crippen molar-refractivity contribution >= 4 is 32.9 Å². The molecule has 10 heteroatoms. The van der Waals surface area contributed by atoms with E-state index >= 15 is 0 Å². The van der Waals surface area contributed by atoms with Crippen LogP contribution in [0, 0.1) is 19.7 Å². The number of nitrogens with one attached hydrogen (secondary N) is 3. The summed E-state index contributed by atoms with van der Waals surface area (Å²) < 4.78 is 51.4. The van der Waals surface area contributed by atoms with E-state index in [1.807, 2.05) is 30.3 Å². The lowest BCUT2D eigenvalue weighted by atomic mass is 9.95. The highest BCUT2D eigenvalue weighted by Gasteiger charge is 2.40. The van der Waals surface area contributed by atoms with Crippen molar-refractivity contribution in [2.75, 3.05) is 21.9 Å². The van der Waals surface area contributed by atoms with Gasteiger partial charge in [0.05, 0.1) is 29.3 Å². The molecular weight excluding hydrogens is 483 g/mol. The molecule has 0 bridgehead atoms. The Morgan fingerprint density at radius 2 is 1.86 bits per heavy atom.